The van der Waals surface area contributed by atoms with Gasteiger partial charge < -0.3 is 19.4 Å². The first kappa shape index (κ1) is 25.7. The van der Waals surface area contributed by atoms with E-state index in [1.165, 1.54) is 6.07 Å². The first-order valence-electron chi connectivity index (χ1n) is 12.5. The Hall–Kier alpha value is -4.98. The van der Waals surface area contributed by atoms with Gasteiger partial charge in [-0.25, -0.2) is 4.79 Å². The fourth-order valence-corrected chi connectivity index (χ4v) is 4.18. The molecule has 1 amide bonds. The number of amides is 1. The third-order valence-corrected chi connectivity index (χ3v) is 6.48. The van der Waals surface area contributed by atoms with Gasteiger partial charge in [0, 0.05) is 23.1 Å². The van der Waals surface area contributed by atoms with Crippen LogP contribution in [0.2, 0.25) is 0 Å². The van der Waals surface area contributed by atoms with Crippen LogP contribution in [0.25, 0.3) is 34.2 Å². The number of benzene rings is 3. The molecule has 2 aromatic heterocycles. The Morgan fingerprint density at radius 2 is 1.54 bits per heavy atom. The SMILES string of the molecule is Cc1ccc(-c2ccc(C(=O)NC(Cc3ccc(C)c(-c4noc(-c5ccc(C)cc5)n4)c3)C(=O)O)o2)cc1. The molecule has 0 spiro atoms. The summed E-state index contributed by atoms with van der Waals surface area (Å²) in [4.78, 5) is 29.4. The molecular formula is C31H27N3O5. The summed E-state index contributed by atoms with van der Waals surface area (Å²) in [6.07, 6.45) is 0.0581. The minimum atomic E-state index is -1.17. The summed E-state index contributed by atoms with van der Waals surface area (Å²) in [5.41, 5.74) is 6.20. The van der Waals surface area contributed by atoms with Gasteiger partial charge in [-0.05, 0) is 62.2 Å². The van der Waals surface area contributed by atoms with E-state index in [2.05, 4.69) is 15.5 Å². The Labute approximate surface area is 225 Å². The molecule has 0 fully saturated rings. The van der Waals surface area contributed by atoms with Crippen molar-refractivity contribution in [2.45, 2.75) is 33.2 Å². The number of aromatic nitrogens is 2. The minimum absolute atomic E-state index is 0.0388. The highest BCUT2D eigenvalue weighted by atomic mass is 16.5. The van der Waals surface area contributed by atoms with Crippen molar-refractivity contribution in [3.63, 3.8) is 0 Å². The molecule has 0 aliphatic rings. The van der Waals surface area contributed by atoms with Gasteiger partial charge in [-0.3, -0.25) is 4.79 Å². The van der Waals surface area contributed by atoms with Crippen LogP contribution in [-0.4, -0.2) is 33.2 Å². The van der Waals surface area contributed by atoms with Crippen molar-refractivity contribution in [2.24, 2.45) is 0 Å². The molecular weight excluding hydrogens is 494 g/mol. The maximum Gasteiger partial charge on any atom is 0.326 e. The van der Waals surface area contributed by atoms with Crippen molar-refractivity contribution in [1.29, 1.82) is 0 Å². The van der Waals surface area contributed by atoms with E-state index in [1.807, 2.05) is 87.5 Å². The minimum Gasteiger partial charge on any atom is -0.480 e. The van der Waals surface area contributed by atoms with Crippen LogP contribution in [0.15, 0.2) is 87.8 Å². The number of nitrogens with one attached hydrogen (secondary N) is 1. The lowest BCUT2D eigenvalue weighted by Gasteiger charge is -2.15. The number of carboxylic acid groups (broad SMARTS) is 1. The van der Waals surface area contributed by atoms with E-state index >= 15 is 0 Å². The standard InChI is InChI=1S/C31H27N3O5/c1-18-4-10-22(11-5-18)26-14-15-27(38-26)29(35)32-25(31(36)37)17-21-9-8-20(3)24(16-21)28-33-30(39-34-28)23-12-6-19(2)7-13-23/h4-16,25H,17H2,1-3H3,(H,32,35)(H,36,37). The van der Waals surface area contributed by atoms with E-state index in [0.29, 0.717) is 23.0 Å². The zero-order chi connectivity index (χ0) is 27.5. The molecule has 5 rings (SSSR count). The normalized spacial score (nSPS) is 11.8. The summed E-state index contributed by atoms with van der Waals surface area (Å²) < 4.78 is 11.2. The number of carboxylic acids is 1. The van der Waals surface area contributed by atoms with Gasteiger partial charge in [-0.15, -0.1) is 0 Å². The monoisotopic (exact) mass is 521 g/mol. The van der Waals surface area contributed by atoms with E-state index in [1.54, 1.807) is 6.07 Å². The second-order valence-electron chi connectivity index (χ2n) is 9.54. The van der Waals surface area contributed by atoms with Crippen molar-refractivity contribution in [1.82, 2.24) is 15.5 Å². The number of carbonyl (C=O) groups is 2. The zero-order valence-corrected chi connectivity index (χ0v) is 21.8. The molecule has 0 bridgehead atoms. The first-order valence-corrected chi connectivity index (χ1v) is 12.5. The number of nitrogens with zero attached hydrogens (tertiary/aromatic N) is 2. The molecule has 1 unspecified atom stereocenters. The van der Waals surface area contributed by atoms with Gasteiger partial charge in [-0.2, -0.15) is 4.98 Å². The molecule has 39 heavy (non-hydrogen) atoms. The average molecular weight is 522 g/mol. The van der Waals surface area contributed by atoms with Crippen molar-refractivity contribution in [2.75, 3.05) is 0 Å². The summed E-state index contributed by atoms with van der Waals surface area (Å²) in [5.74, 6) is -0.392. The molecule has 2 N–H and O–H groups in total. The Bertz CT molecular complexity index is 1630. The van der Waals surface area contributed by atoms with Gasteiger partial charge in [0.2, 0.25) is 5.82 Å². The van der Waals surface area contributed by atoms with Gasteiger partial charge in [0.15, 0.2) is 5.76 Å². The third-order valence-electron chi connectivity index (χ3n) is 6.48. The Balaban J connectivity index is 1.32. The molecule has 0 aliphatic carbocycles. The molecule has 196 valence electrons. The number of hydrogen-bond acceptors (Lipinski definition) is 6. The largest absolute Gasteiger partial charge is 0.480 e. The van der Waals surface area contributed by atoms with Crippen LogP contribution < -0.4 is 5.32 Å². The summed E-state index contributed by atoms with van der Waals surface area (Å²) in [6, 6.07) is 23.0. The highest BCUT2D eigenvalue weighted by molar-refractivity contribution is 5.94. The number of rotatable bonds is 8. The highest BCUT2D eigenvalue weighted by Crippen LogP contribution is 2.27. The topological polar surface area (TPSA) is 118 Å². The van der Waals surface area contributed by atoms with Crippen LogP contribution in [0.5, 0.6) is 0 Å². The van der Waals surface area contributed by atoms with Gasteiger partial charge in [0.1, 0.15) is 11.8 Å². The lowest BCUT2D eigenvalue weighted by atomic mass is 9.99. The summed E-state index contributed by atoms with van der Waals surface area (Å²) in [6.45, 7) is 5.90. The molecule has 1 atom stereocenters. The summed E-state index contributed by atoms with van der Waals surface area (Å²) >= 11 is 0. The molecule has 8 nitrogen and oxygen atoms in total. The maximum atomic E-state index is 12.8. The lowest BCUT2D eigenvalue weighted by Crippen LogP contribution is -2.42. The van der Waals surface area contributed by atoms with Crippen LogP contribution in [-0.2, 0) is 11.2 Å². The van der Waals surface area contributed by atoms with Gasteiger partial charge in [0.25, 0.3) is 11.8 Å². The van der Waals surface area contributed by atoms with Crippen molar-refractivity contribution >= 4 is 11.9 Å². The average Bonchev–Trinajstić information content (AvgIpc) is 3.61. The summed E-state index contributed by atoms with van der Waals surface area (Å²) in [5, 5.41) is 16.6. The van der Waals surface area contributed by atoms with E-state index in [0.717, 1.165) is 33.4 Å². The molecule has 0 aliphatic heterocycles. The number of hydrogen-bond donors (Lipinski definition) is 2. The van der Waals surface area contributed by atoms with E-state index in [4.69, 9.17) is 8.94 Å². The predicted molar refractivity (Wildman–Crippen MR) is 146 cm³/mol. The molecule has 3 aromatic carbocycles. The van der Waals surface area contributed by atoms with Crippen molar-refractivity contribution in [3.05, 3.63) is 107 Å². The van der Waals surface area contributed by atoms with E-state index in [9.17, 15) is 14.7 Å². The van der Waals surface area contributed by atoms with Gasteiger partial charge in [0.05, 0.1) is 0 Å². The fraction of sp³-hybridized carbons (Fsp3) is 0.161. The van der Waals surface area contributed by atoms with Crippen LogP contribution in [0.1, 0.15) is 32.8 Å². The number of aryl methyl sites for hydroxylation is 3. The lowest BCUT2D eigenvalue weighted by molar-refractivity contribution is -0.139. The third kappa shape index (κ3) is 5.80. The van der Waals surface area contributed by atoms with Crippen LogP contribution in [0.3, 0.4) is 0 Å². The number of aliphatic carboxylic acids is 1. The maximum absolute atomic E-state index is 12.8. The van der Waals surface area contributed by atoms with Gasteiger partial charge >= 0.3 is 5.97 Å². The van der Waals surface area contributed by atoms with Crippen molar-refractivity contribution < 1.29 is 23.6 Å². The molecule has 0 radical (unpaired) electrons. The quantitative estimate of drug-likeness (QED) is 0.256. The smallest absolute Gasteiger partial charge is 0.326 e. The molecule has 5 aromatic rings. The van der Waals surface area contributed by atoms with Crippen molar-refractivity contribution in [3.8, 4) is 34.2 Å². The summed E-state index contributed by atoms with van der Waals surface area (Å²) in [7, 11) is 0. The predicted octanol–water partition coefficient (Wildman–Crippen LogP) is 6.01. The Morgan fingerprint density at radius 1 is 0.872 bits per heavy atom. The van der Waals surface area contributed by atoms with E-state index in [-0.39, 0.29) is 12.2 Å². The molecule has 8 heteroatoms. The zero-order valence-electron chi connectivity index (χ0n) is 21.8. The van der Waals surface area contributed by atoms with E-state index < -0.39 is 17.9 Å². The fourth-order valence-electron chi connectivity index (χ4n) is 4.18. The second kappa shape index (κ2) is 10.8. The second-order valence-corrected chi connectivity index (χ2v) is 9.54. The molecule has 0 saturated heterocycles. The Kier molecular flexibility index (Phi) is 7.10. The van der Waals surface area contributed by atoms with Crippen LogP contribution in [0, 0.1) is 20.8 Å². The van der Waals surface area contributed by atoms with Crippen LogP contribution in [0.4, 0.5) is 0 Å². The number of furan rings is 1. The Morgan fingerprint density at radius 3 is 2.21 bits per heavy atom. The first-order chi connectivity index (χ1) is 18.8. The molecule has 2 heterocycles. The number of carbonyl (C=O) groups excluding carboxylic acids is 1. The molecule has 0 saturated carbocycles. The van der Waals surface area contributed by atoms with Crippen LogP contribution >= 0.6 is 0 Å². The van der Waals surface area contributed by atoms with Gasteiger partial charge in [-0.1, -0.05) is 64.8 Å². The highest BCUT2D eigenvalue weighted by Gasteiger charge is 2.24.